The topological polar surface area (TPSA) is 57.1 Å². The number of ether oxygens (including phenoxy) is 1. The van der Waals surface area contributed by atoms with Crippen LogP contribution >= 0.6 is 46.9 Å². The molecule has 0 spiro atoms. The molecule has 23 heavy (non-hydrogen) atoms. The first-order chi connectivity index (χ1) is 10.6. The molecular formula is C15H25ClIN3O2S. The van der Waals surface area contributed by atoms with E-state index < -0.39 is 6.10 Å². The second kappa shape index (κ2) is 10.7. The van der Waals surface area contributed by atoms with Crippen molar-refractivity contribution in [1.29, 1.82) is 0 Å². The van der Waals surface area contributed by atoms with Crippen molar-refractivity contribution >= 4 is 52.9 Å². The highest BCUT2D eigenvalue weighted by molar-refractivity contribution is 14.0. The SMILES string of the molecule is CCNC(=NCC(O)c1ccc(Cl)s1)N(C)CC1CCOC1.I. The summed E-state index contributed by atoms with van der Waals surface area (Å²) in [4.78, 5) is 7.50. The van der Waals surface area contributed by atoms with Crippen molar-refractivity contribution in [2.45, 2.75) is 19.4 Å². The van der Waals surface area contributed by atoms with Gasteiger partial charge in [-0.25, -0.2) is 0 Å². The molecule has 0 aromatic carbocycles. The van der Waals surface area contributed by atoms with Gasteiger partial charge >= 0.3 is 0 Å². The predicted molar refractivity (Wildman–Crippen MR) is 107 cm³/mol. The summed E-state index contributed by atoms with van der Waals surface area (Å²) in [5, 5.41) is 13.5. The average Bonchev–Trinajstić information content (AvgIpc) is 3.14. The number of halogens is 2. The van der Waals surface area contributed by atoms with Crippen molar-refractivity contribution in [3.8, 4) is 0 Å². The molecule has 0 bridgehead atoms. The van der Waals surface area contributed by atoms with Crippen LogP contribution in [0, 0.1) is 5.92 Å². The van der Waals surface area contributed by atoms with E-state index in [1.807, 2.05) is 20.0 Å². The maximum absolute atomic E-state index is 10.2. The van der Waals surface area contributed by atoms with Gasteiger partial charge in [-0.2, -0.15) is 0 Å². The number of nitrogens with one attached hydrogen (secondary N) is 1. The molecule has 0 radical (unpaired) electrons. The Labute approximate surface area is 164 Å². The van der Waals surface area contributed by atoms with Crippen molar-refractivity contribution < 1.29 is 9.84 Å². The van der Waals surface area contributed by atoms with Crippen molar-refractivity contribution in [1.82, 2.24) is 10.2 Å². The molecule has 1 aromatic rings. The fraction of sp³-hybridized carbons (Fsp3) is 0.667. The van der Waals surface area contributed by atoms with E-state index in [9.17, 15) is 5.11 Å². The highest BCUT2D eigenvalue weighted by atomic mass is 127. The lowest BCUT2D eigenvalue weighted by Gasteiger charge is -2.24. The van der Waals surface area contributed by atoms with Crippen LogP contribution in [0.25, 0.3) is 0 Å². The Morgan fingerprint density at radius 3 is 2.96 bits per heavy atom. The Morgan fingerprint density at radius 1 is 1.61 bits per heavy atom. The van der Waals surface area contributed by atoms with E-state index in [1.54, 1.807) is 6.07 Å². The molecule has 5 nitrogen and oxygen atoms in total. The van der Waals surface area contributed by atoms with Crippen LogP contribution in [0.1, 0.15) is 24.3 Å². The molecule has 1 saturated heterocycles. The van der Waals surface area contributed by atoms with E-state index in [0.29, 0.717) is 16.8 Å². The normalized spacial score (nSPS) is 19.3. The summed E-state index contributed by atoms with van der Waals surface area (Å²) < 4.78 is 6.10. The second-order valence-corrected chi connectivity index (χ2v) is 7.21. The number of hydrogen-bond donors (Lipinski definition) is 2. The fourth-order valence-electron chi connectivity index (χ4n) is 2.44. The van der Waals surface area contributed by atoms with Gasteiger partial charge in [-0.05, 0) is 25.5 Å². The van der Waals surface area contributed by atoms with Crippen LogP contribution in [0.15, 0.2) is 17.1 Å². The van der Waals surface area contributed by atoms with Crippen LogP contribution in [-0.2, 0) is 4.74 Å². The van der Waals surface area contributed by atoms with Gasteiger partial charge in [0, 0.05) is 37.5 Å². The van der Waals surface area contributed by atoms with Crippen LogP contribution in [0.4, 0.5) is 0 Å². The second-order valence-electron chi connectivity index (χ2n) is 5.46. The smallest absolute Gasteiger partial charge is 0.193 e. The molecule has 8 heteroatoms. The van der Waals surface area contributed by atoms with Crippen LogP contribution in [0.5, 0.6) is 0 Å². The van der Waals surface area contributed by atoms with Gasteiger partial charge in [0.25, 0.3) is 0 Å². The zero-order chi connectivity index (χ0) is 15.9. The van der Waals surface area contributed by atoms with Gasteiger partial charge in [0.1, 0.15) is 6.10 Å². The van der Waals surface area contributed by atoms with Gasteiger partial charge in [-0.1, -0.05) is 11.6 Å². The van der Waals surface area contributed by atoms with E-state index in [1.165, 1.54) is 11.3 Å². The number of aliphatic imine (C=N–C) groups is 1. The zero-order valence-corrected chi connectivity index (χ0v) is 17.4. The highest BCUT2D eigenvalue weighted by Gasteiger charge is 2.19. The summed E-state index contributed by atoms with van der Waals surface area (Å²) in [6, 6.07) is 3.64. The third kappa shape index (κ3) is 6.74. The molecule has 132 valence electrons. The zero-order valence-electron chi connectivity index (χ0n) is 13.5. The van der Waals surface area contributed by atoms with Gasteiger partial charge < -0.3 is 20.1 Å². The molecule has 0 saturated carbocycles. The molecule has 0 aliphatic carbocycles. The maximum Gasteiger partial charge on any atom is 0.193 e. The van der Waals surface area contributed by atoms with Crippen LogP contribution in [-0.4, -0.2) is 55.9 Å². The van der Waals surface area contributed by atoms with Crippen LogP contribution < -0.4 is 5.32 Å². The standard InChI is InChI=1S/C15H24ClN3O2S.HI/c1-3-17-15(19(2)9-11-6-7-21-10-11)18-8-12(20)13-4-5-14(16)22-13;/h4-5,11-12,20H,3,6-10H2,1-2H3,(H,17,18);1H. The summed E-state index contributed by atoms with van der Waals surface area (Å²) in [6.07, 6.45) is 0.481. The van der Waals surface area contributed by atoms with Gasteiger partial charge in [0.2, 0.25) is 0 Å². The number of nitrogens with zero attached hydrogens (tertiary/aromatic N) is 2. The molecular weight excluding hydrogens is 449 g/mol. The third-order valence-corrected chi connectivity index (χ3v) is 4.92. The summed E-state index contributed by atoms with van der Waals surface area (Å²) >= 11 is 7.29. The number of thiophene rings is 1. The Hall–Kier alpha value is -0.0900. The Balaban J connectivity index is 0.00000264. The fourth-order valence-corrected chi connectivity index (χ4v) is 3.48. The Kier molecular flexibility index (Phi) is 9.76. The van der Waals surface area contributed by atoms with Gasteiger partial charge in [-0.15, -0.1) is 35.3 Å². The quantitative estimate of drug-likeness (QED) is 0.379. The molecule has 2 rings (SSSR count). The molecule has 2 unspecified atom stereocenters. The van der Waals surface area contributed by atoms with E-state index in [4.69, 9.17) is 16.3 Å². The monoisotopic (exact) mass is 473 g/mol. The first-order valence-electron chi connectivity index (χ1n) is 7.60. The highest BCUT2D eigenvalue weighted by Crippen LogP contribution is 2.27. The Bertz CT molecular complexity index is 495. The minimum Gasteiger partial charge on any atom is -0.386 e. The van der Waals surface area contributed by atoms with Crippen LogP contribution in [0.2, 0.25) is 4.34 Å². The van der Waals surface area contributed by atoms with Crippen molar-refractivity contribution in [2.24, 2.45) is 10.9 Å². The van der Waals surface area contributed by atoms with E-state index in [-0.39, 0.29) is 24.0 Å². The van der Waals surface area contributed by atoms with E-state index >= 15 is 0 Å². The lowest BCUT2D eigenvalue weighted by molar-refractivity contribution is 0.180. The van der Waals surface area contributed by atoms with Crippen molar-refractivity contribution in [3.63, 3.8) is 0 Å². The number of aliphatic hydroxyl groups is 1. The van der Waals surface area contributed by atoms with Crippen molar-refractivity contribution in [2.75, 3.05) is 39.9 Å². The van der Waals surface area contributed by atoms with E-state index in [2.05, 4.69) is 15.2 Å². The largest absolute Gasteiger partial charge is 0.386 e. The van der Waals surface area contributed by atoms with Gasteiger partial charge in [0.15, 0.2) is 5.96 Å². The molecule has 1 aliphatic heterocycles. The first kappa shape index (κ1) is 21.0. The summed E-state index contributed by atoms with van der Waals surface area (Å²) in [7, 11) is 2.02. The summed E-state index contributed by atoms with van der Waals surface area (Å²) in [5.74, 6) is 1.37. The minimum atomic E-state index is -0.616. The third-order valence-electron chi connectivity index (χ3n) is 3.59. The number of rotatable bonds is 6. The van der Waals surface area contributed by atoms with Crippen molar-refractivity contribution in [3.05, 3.63) is 21.3 Å². The molecule has 2 heterocycles. The Morgan fingerprint density at radius 2 is 2.39 bits per heavy atom. The maximum atomic E-state index is 10.2. The lowest BCUT2D eigenvalue weighted by Crippen LogP contribution is -2.41. The average molecular weight is 474 g/mol. The van der Waals surface area contributed by atoms with E-state index in [0.717, 1.165) is 43.6 Å². The summed E-state index contributed by atoms with van der Waals surface area (Å²) in [6.45, 7) is 5.74. The van der Waals surface area contributed by atoms with Crippen LogP contribution in [0.3, 0.4) is 0 Å². The van der Waals surface area contributed by atoms with Gasteiger partial charge in [0.05, 0.1) is 17.5 Å². The molecule has 1 aromatic heterocycles. The number of hydrogen-bond acceptors (Lipinski definition) is 4. The molecule has 2 atom stereocenters. The predicted octanol–water partition coefficient (Wildman–Crippen LogP) is 2.99. The molecule has 2 N–H and O–H groups in total. The number of aliphatic hydroxyl groups excluding tert-OH is 1. The molecule has 1 fully saturated rings. The first-order valence-corrected chi connectivity index (χ1v) is 8.80. The molecule has 1 aliphatic rings. The minimum absolute atomic E-state index is 0. The summed E-state index contributed by atoms with van der Waals surface area (Å²) in [5.41, 5.74) is 0. The lowest BCUT2D eigenvalue weighted by atomic mass is 10.1. The van der Waals surface area contributed by atoms with Gasteiger partial charge in [-0.3, -0.25) is 4.99 Å². The molecule has 0 amide bonds. The number of guanidine groups is 1.